The molecule has 0 radical (unpaired) electrons. The summed E-state index contributed by atoms with van der Waals surface area (Å²) in [5, 5.41) is 24.5. The first-order valence-electron chi connectivity index (χ1n) is 12.1. The molecule has 0 atom stereocenters. The van der Waals surface area contributed by atoms with Crippen molar-refractivity contribution in [2.24, 2.45) is 0 Å². The number of aromatic amines is 1. The van der Waals surface area contributed by atoms with Gasteiger partial charge in [0.15, 0.2) is 17.1 Å². The van der Waals surface area contributed by atoms with Crippen LogP contribution in [0.15, 0.2) is 48.8 Å². The Bertz CT molecular complexity index is 1410. The number of imidazole rings is 1. The molecule has 38 heavy (non-hydrogen) atoms. The monoisotopic (exact) mass is 519 g/mol. The Morgan fingerprint density at radius 1 is 0.921 bits per heavy atom. The molecule has 2 aromatic heterocycles. The molecule has 2 heterocycles. The molecule has 4 aromatic rings. The largest absolute Gasteiger partial charge is 0.504 e. The minimum atomic E-state index is -0.189. The number of carbonyl (C=O) groups is 2. The number of nitrogens with two attached hydrogens (primary N) is 1. The van der Waals surface area contributed by atoms with E-state index < -0.39 is 0 Å². The Balaban J connectivity index is 1.11. The predicted molar refractivity (Wildman–Crippen MR) is 139 cm³/mol. The summed E-state index contributed by atoms with van der Waals surface area (Å²) in [6.45, 7) is 1.05. The Morgan fingerprint density at radius 2 is 1.63 bits per heavy atom. The summed E-state index contributed by atoms with van der Waals surface area (Å²) in [6.07, 6.45) is 2.94. The van der Waals surface area contributed by atoms with Crippen LogP contribution in [0.5, 0.6) is 17.4 Å². The second kappa shape index (κ2) is 12.4. The number of phenols is 2. The highest BCUT2D eigenvalue weighted by molar-refractivity contribution is 5.79. The van der Waals surface area contributed by atoms with Crippen LogP contribution in [0.25, 0.3) is 11.2 Å². The van der Waals surface area contributed by atoms with Crippen molar-refractivity contribution in [1.82, 2.24) is 30.6 Å². The van der Waals surface area contributed by atoms with Crippen molar-refractivity contribution >= 4 is 28.9 Å². The van der Waals surface area contributed by atoms with Gasteiger partial charge in [0.25, 0.3) is 0 Å². The number of amides is 2. The zero-order valence-electron chi connectivity index (χ0n) is 20.6. The number of H-pyrrole nitrogens is 1. The summed E-state index contributed by atoms with van der Waals surface area (Å²) in [5.41, 5.74) is 9.36. The second-order valence-electron chi connectivity index (χ2n) is 8.65. The number of nitrogen functional groups attached to an aromatic ring is 1. The lowest BCUT2D eigenvalue weighted by Crippen LogP contribution is -2.26. The molecule has 0 saturated heterocycles. The maximum Gasteiger partial charge on any atom is 0.245 e. The van der Waals surface area contributed by atoms with Gasteiger partial charge in [-0.15, -0.1) is 0 Å². The summed E-state index contributed by atoms with van der Waals surface area (Å²) in [5.74, 6) is -0.233. The third kappa shape index (κ3) is 7.32. The maximum atomic E-state index is 12.2. The Hall–Kier alpha value is -4.87. The van der Waals surface area contributed by atoms with E-state index in [0.29, 0.717) is 43.0 Å². The van der Waals surface area contributed by atoms with Crippen molar-refractivity contribution < 1.29 is 24.5 Å². The molecule has 0 spiro atoms. The van der Waals surface area contributed by atoms with E-state index in [-0.39, 0.29) is 48.7 Å². The fourth-order valence-corrected chi connectivity index (χ4v) is 3.69. The van der Waals surface area contributed by atoms with Gasteiger partial charge in [-0.05, 0) is 41.7 Å². The topological polar surface area (TPSA) is 188 Å². The average molecular weight is 520 g/mol. The van der Waals surface area contributed by atoms with E-state index >= 15 is 0 Å². The van der Waals surface area contributed by atoms with Gasteiger partial charge in [0.2, 0.25) is 23.6 Å². The molecule has 0 aliphatic rings. The zero-order chi connectivity index (χ0) is 26.9. The maximum absolute atomic E-state index is 12.2. The molecule has 12 nitrogen and oxygen atoms in total. The number of nitrogens with zero attached hydrogens (tertiary/aromatic N) is 3. The number of hydrogen-bond donors (Lipinski definition) is 6. The third-order valence-corrected chi connectivity index (χ3v) is 5.74. The summed E-state index contributed by atoms with van der Waals surface area (Å²) in [6, 6.07) is 12.2. The number of benzene rings is 2. The van der Waals surface area contributed by atoms with E-state index in [1.54, 1.807) is 6.07 Å². The van der Waals surface area contributed by atoms with E-state index in [2.05, 4.69) is 30.6 Å². The molecule has 2 aromatic carbocycles. The van der Waals surface area contributed by atoms with E-state index in [1.165, 1.54) is 18.5 Å². The molecule has 198 valence electrons. The van der Waals surface area contributed by atoms with E-state index in [1.807, 2.05) is 24.3 Å². The molecule has 0 bridgehead atoms. The standard InChI is InChI=1S/C26H29N7O5/c27-26-32-24-23(30-15-31-24)25(33-26)38-14-18-6-4-17(5-7-18)13-29-22(37)3-1-2-21(36)28-11-10-16-8-9-19(34)20(35)12-16/h4-9,12,15,34-35H,1-3,10-11,13-14H2,(H,28,36)(H,29,37)(H3,27,30,31,32,33). The first-order valence-corrected chi connectivity index (χ1v) is 12.1. The molecule has 0 saturated carbocycles. The molecule has 2 amide bonds. The molecular formula is C26H29N7O5. The van der Waals surface area contributed by atoms with Gasteiger partial charge in [-0.1, -0.05) is 30.3 Å². The second-order valence-corrected chi connectivity index (χ2v) is 8.65. The minimum absolute atomic E-state index is 0.0822. The van der Waals surface area contributed by atoms with E-state index in [0.717, 1.165) is 16.7 Å². The van der Waals surface area contributed by atoms with Gasteiger partial charge in [0, 0.05) is 25.9 Å². The summed E-state index contributed by atoms with van der Waals surface area (Å²) in [4.78, 5) is 39.3. The van der Waals surface area contributed by atoms with Crippen LogP contribution >= 0.6 is 0 Å². The smallest absolute Gasteiger partial charge is 0.245 e. The highest BCUT2D eigenvalue weighted by Crippen LogP contribution is 2.25. The van der Waals surface area contributed by atoms with Crippen molar-refractivity contribution in [2.75, 3.05) is 12.3 Å². The Kier molecular flexibility index (Phi) is 8.54. The molecule has 12 heteroatoms. The number of nitrogens with one attached hydrogen (secondary N) is 3. The first kappa shape index (κ1) is 26.2. The van der Waals surface area contributed by atoms with Gasteiger partial charge in [-0.3, -0.25) is 9.59 Å². The minimum Gasteiger partial charge on any atom is -0.504 e. The van der Waals surface area contributed by atoms with E-state index in [9.17, 15) is 19.8 Å². The summed E-state index contributed by atoms with van der Waals surface area (Å²) >= 11 is 0. The van der Waals surface area contributed by atoms with Crippen molar-refractivity contribution in [1.29, 1.82) is 0 Å². The number of anilines is 1. The number of ether oxygens (including phenoxy) is 1. The Morgan fingerprint density at radius 3 is 2.39 bits per heavy atom. The summed E-state index contributed by atoms with van der Waals surface area (Å²) in [7, 11) is 0. The lowest BCUT2D eigenvalue weighted by molar-refractivity contribution is -0.122. The van der Waals surface area contributed by atoms with Gasteiger partial charge in [0.05, 0.1) is 6.33 Å². The van der Waals surface area contributed by atoms with Crippen LogP contribution < -0.4 is 21.1 Å². The number of aromatic nitrogens is 4. The third-order valence-electron chi connectivity index (χ3n) is 5.74. The van der Waals surface area contributed by atoms with Crippen molar-refractivity contribution in [3.8, 4) is 17.4 Å². The highest BCUT2D eigenvalue weighted by Gasteiger charge is 2.10. The Labute approximate surface area is 218 Å². The molecule has 0 unspecified atom stereocenters. The van der Waals surface area contributed by atoms with Crippen LogP contribution in [0.1, 0.15) is 36.0 Å². The molecule has 0 aliphatic carbocycles. The lowest BCUT2D eigenvalue weighted by atomic mass is 10.1. The highest BCUT2D eigenvalue weighted by atomic mass is 16.5. The summed E-state index contributed by atoms with van der Waals surface area (Å²) < 4.78 is 5.78. The van der Waals surface area contributed by atoms with Crippen molar-refractivity contribution in [3.63, 3.8) is 0 Å². The molecule has 0 aliphatic heterocycles. The zero-order valence-corrected chi connectivity index (χ0v) is 20.6. The van der Waals surface area contributed by atoms with Crippen LogP contribution in [0.2, 0.25) is 0 Å². The van der Waals surface area contributed by atoms with Gasteiger partial charge < -0.3 is 36.3 Å². The fourth-order valence-electron chi connectivity index (χ4n) is 3.69. The van der Waals surface area contributed by atoms with Crippen molar-refractivity contribution in [2.45, 2.75) is 38.8 Å². The molecule has 0 fully saturated rings. The van der Waals surface area contributed by atoms with Gasteiger partial charge in [-0.25, -0.2) is 4.98 Å². The molecule has 7 N–H and O–H groups in total. The van der Waals surface area contributed by atoms with Crippen LogP contribution in [0, 0.1) is 0 Å². The number of phenolic OH excluding ortho intramolecular Hbond substituents is 2. The number of hydrogen-bond acceptors (Lipinski definition) is 9. The van der Waals surface area contributed by atoms with Crippen LogP contribution in [0.3, 0.4) is 0 Å². The quantitative estimate of drug-likeness (QED) is 0.152. The SMILES string of the molecule is Nc1nc(OCc2ccc(CNC(=O)CCCC(=O)NCCc3ccc(O)c(O)c3)cc2)c2[nH]cnc2n1. The predicted octanol–water partition coefficient (Wildman–Crippen LogP) is 2.07. The molecule has 4 rings (SSSR count). The van der Waals surface area contributed by atoms with Gasteiger partial charge in [0.1, 0.15) is 12.1 Å². The number of fused-ring (bicyclic) bond motifs is 1. The van der Waals surface area contributed by atoms with Crippen LogP contribution in [0.4, 0.5) is 5.95 Å². The number of rotatable bonds is 12. The van der Waals surface area contributed by atoms with Gasteiger partial charge >= 0.3 is 0 Å². The first-order chi connectivity index (χ1) is 18.4. The number of aromatic hydroxyl groups is 2. The van der Waals surface area contributed by atoms with Gasteiger partial charge in [-0.2, -0.15) is 9.97 Å². The lowest BCUT2D eigenvalue weighted by Gasteiger charge is -2.09. The average Bonchev–Trinajstić information content (AvgIpc) is 3.37. The van der Waals surface area contributed by atoms with Crippen LogP contribution in [-0.2, 0) is 29.2 Å². The van der Waals surface area contributed by atoms with Crippen LogP contribution in [-0.4, -0.2) is 48.5 Å². The molecular weight excluding hydrogens is 490 g/mol. The fraction of sp³-hybridized carbons (Fsp3) is 0.269. The van der Waals surface area contributed by atoms with E-state index in [4.69, 9.17) is 10.5 Å². The normalized spacial score (nSPS) is 10.8. The van der Waals surface area contributed by atoms with Crippen molar-refractivity contribution in [3.05, 3.63) is 65.5 Å². The number of carbonyl (C=O) groups excluding carboxylic acids is 2.